The van der Waals surface area contributed by atoms with Crippen LogP contribution in [0, 0.1) is 5.82 Å². The van der Waals surface area contributed by atoms with Crippen molar-refractivity contribution >= 4 is 16.9 Å². The van der Waals surface area contributed by atoms with Crippen molar-refractivity contribution < 1.29 is 19.0 Å². The van der Waals surface area contributed by atoms with Gasteiger partial charge >= 0.3 is 5.97 Å². The summed E-state index contributed by atoms with van der Waals surface area (Å²) < 4.78 is 18.6. The minimum Gasteiger partial charge on any atom is -0.506 e. The van der Waals surface area contributed by atoms with Crippen molar-refractivity contribution in [3.05, 3.63) is 39.9 Å². The Morgan fingerprint density at radius 1 is 1.44 bits per heavy atom. The lowest BCUT2D eigenvalue weighted by Gasteiger charge is -2.10. The lowest BCUT2D eigenvalue weighted by molar-refractivity contribution is 0.0595. The van der Waals surface area contributed by atoms with Gasteiger partial charge in [-0.15, -0.1) is 0 Å². The molecule has 1 heterocycles. The number of methoxy groups -OCH3 is 1. The number of ether oxygens (including phenoxy) is 1. The SMILES string of the molecule is COC(=O)c1c(O)c2ccc(F)cc2n(C)c1=O. The molecule has 94 valence electrons. The van der Waals surface area contributed by atoms with Gasteiger partial charge in [0.1, 0.15) is 11.6 Å². The molecule has 0 spiro atoms. The van der Waals surface area contributed by atoms with Gasteiger partial charge in [-0.25, -0.2) is 9.18 Å². The molecule has 0 saturated carbocycles. The second-order valence-electron chi connectivity index (χ2n) is 3.74. The summed E-state index contributed by atoms with van der Waals surface area (Å²) in [5, 5.41) is 10.1. The molecule has 1 N–H and O–H groups in total. The minimum absolute atomic E-state index is 0.199. The molecule has 0 amide bonds. The number of pyridine rings is 1. The molecule has 18 heavy (non-hydrogen) atoms. The third-order valence-electron chi connectivity index (χ3n) is 2.72. The summed E-state index contributed by atoms with van der Waals surface area (Å²) in [6.07, 6.45) is 0. The van der Waals surface area contributed by atoms with Gasteiger partial charge < -0.3 is 14.4 Å². The van der Waals surface area contributed by atoms with Gasteiger partial charge in [0.25, 0.3) is 5.56 Å². The van der Waals surface area contributed by atoms with E-state index in [4.69, 9.17) is 0 Å². The van der Waals surface area contributed by atoms with Crippen LogP contribution in [-0.4, -0.2) is 22.8 Å². The predicted octanol–water partition coefficient (Wildman–Crippen LogP) is 1.17. The summed E-state index contributed by atoms with van der Waals surface area (Å²) in [4.78, 5) is 23.3. The third-order valence-corrected chi connectivity index (χ3v) is 2.72. The summed E-state index contributed by atoms with van der Waals surface area (Å²) in [6, 6.07) is 3.54. The predicted molar refractivity (Wildman–Crippen MR) is 62.2 cm³/mol. The van der Waals surface area contributed by atoms with Gasteiger partial charge in [-0.2, -0.15) is 0 Å². The highest BCUT2D eigenvalue weighted by atomic mass is 19.1. The molecular formula is C12H10FNO4. The third kappa shape index (κ3) is 1.62. The number of rotatable bonds is 1. The van der Waals surface area contributed by atoms with Crippen molar-refractivity contribution in [2.45, 2.75) is 0 Å². The number of esters is 1. The normalized spacial score (nSPS) is 10.6. The van der Waals surface area contributed by atoms with Crippen LogP contribution < -0.4 is 5.56 Å². The van der Waals surface area contributed by atoms with Gasteiger partial charge in [0.05, 0.1) is 12.6 Å². The van der Waals surface area contributed by atoms with Crippen LogP contribution in [0.1, 0.15) is 10.4 Å². The Labute approximate surface area is 101 Å². The number of nitrogens with zero attached hydrogens (tertiary/aromatic N) is 1. The minimum atomic E-state index is -0.931. The molecule has 0 aliphatic carbocycles. The van der Waals surface area contributed by atoms with Crippen molar-refractivity contribution in [3.63, 3.8) is 0 Å². The molecule has 2 rings (SSSR count). The molecule has 2 aromatic rings. The van der Waals surface area contributed by atoms with E-state index >= 15 is 0 Å². The van der Waals surface area contributed by atoms with E-state index in [1.54, 1.807) is 0 Å². The first-order valence-corrected chi connectivity index (χ1v) is 5.07. The van der Waals surface area contributed by atoms with Crippen LogP contribution in [0.2, 0.25) is 0 Å². The molecular weight excluding hydrogens is 241 g/mol. The Morgan fingerprint density at radius 2 is 2.11 bits per heavy atom. The maximum Gasteiger partial charge on any atom is 0.347 e. The van der Waals surface area contributed by atoms with E-state index in [-0.39, 0.29) is 10.9 Å². The lowest BCUT2D eigenvalue weighted by atomic mass is 10.1. The van der Waals surface area contributed by atoms with Crippen molar-refractivity contribution in [2.24, 2.45) is 7.05 Å². The number of aryl methyl sites for hydroxylation is 1. The highest BCUT2D eigenvalue weighted by Crippen LogP contribution is 2.26. The van der Waals surface area contributed by atoms with Crippen LogP contribution in [0.4, 0.5) is 4.39 Å². The molecule has 5 nitrogen and oxygen atoms in total. The zero-order chi connectivity index (χ0) is 13.4. The summed E-state index contributed by atoms with van der Waals surface area (Å²) in [6.45, 7) is 0. The van der Waals surface area contributed by atoms with E-state index in [2.05, 4.69) is 4.74 Å². The second-order valence-corrected chi connectivity index (χ2v) is 3.74. The fraction of sp³-hybridized carbons (Fsp3) is 0.167. The topological polar surface area (TPSA) is 68.5 Å². The maximum absolute atomic E-state index is 13.1. The van der Waals surface area contributed by atoms with E-state index in [0.717, 1.165) is 23.8 Å². The van der Waals surface area contributed by atoms with Gasteiger partial charge in [0, 0.05) is 12.4 Å². The molecule has 0 atom stereocenters. The van der Waals surface area contributed by atoms with Gasteiger partial charge in [0.15, 0.2) is 5.56 Å². The highest BCUT2D eigenvalue weighted by molar-refractivity contribution is 5.99. The molecule has 0 radical (unpaired) electrons. The van der Waals surface area contributed by atoms with Gasteiger partial charge in [-0.3, -0.25) is 4.79 Å². The molecule has 0 unspecified atom stereocenters. The summed E-state index contributed by atoms with van der Waals surface area (Å²) in [7, 11) is 2.49. The summed E-state index contributed by atoms with van der Waals surface area (Å²) >= 11 is 0. The Morgan fingerprint density at radius 3 is 2.72 bits per heavy atom. The summed E-state index contributed by atoms with van der Waals surface area (Å²) in [5.41, 5.74) is -0.998. The van der Waals surface area contributed by atoms with Crippen LogP contribution >= 0.6 is 0 Å². The van der Waals surface area contributed by atoms with Gasteiger partial charge in [-0.05, 0) is 18.2 Å². The fourth-order valence-electron chi connectivity index (χ4n) is 1.78. The van der Waals surface area contributed by atoms with E-state index in [1.807, 2.05) is 0 Å². The average molecular weight is 251 g/mol. The van der Waals surface area contributed by atoms with E-state index < -0.39 is 28.7 Å². The Hall–Kier alpha value is -2.37. The van der Waals surface area contributed by atoms with Crippen LogP contribution in [0.15, 0.2) is 23.0 Å². The number of aromatic hydroxyl groups is 1. The Balaban J connectivity index is 2.97. The van der Waals surface area contributed by atoms with Crippen LogP contribution in [-0.2, 0) is 11.8 Å². The molecule has 0 bridgehead atoms. The lowest BCUT2D eigenvalue weighted by Crippen LogP contribution is -2.25. The molecule has 1 aromatic heterocycles. The van der Waals surface area contributed by atoms with Crippen molar-refractivity contribution in [2.75, 3.05) is 7.11 Å². The van der Waals surface area contributed by atoms with Crippen LogP contribution in [0.3, 0.4) is 0 Å². The first kappa shape index (κ1) is 12.1. The molecule has 0 aliphatic heterocycles. The number of halogens is 1. The smallest absolute Gasteiger partial charge is 0.347 e. The molecule has 0 fully saturated rings. The standard InChI is InChI=1S/C12H10FNO4/c1-14-8-5-6(13)3-4-7(8)10(15)9(11(14)16)12(17)18-2/h3-5,15H,1-2H3. The molecule has 0 aliphatic rings. The van der Waals surface area contributed by atoms with E-state index in [9.17, 15) is 19.1 Å². The fourth-order valence-corrected chi connectivity index (χ4v) is 1.78. The van der Waals surface area contributed by atoms with E-state index in [0.29, 0.717) is 0 Å². The highest BCUT2D eigenvalue weighted by Gasteiger charge is 2.21. The number of aromatic nitrogens is 1. The number of carbonyl (C=O) groups is 1. The quantitative estimate of drug-likeness (QED) is 0.772. The first-order chi connectivity index (χ1) is 8.47. The first-order valence-electron chi connectivity index (χ1n) is 5.07. The molecule has 0 saturated heterocycles. The number of benzene rings is 1. The maximum atomic E-state index is 13.1. The second kappa shape index (κ2) is 4.14. The summed E-state index contributed by atoms with van der Waals surface area (Å²) in [5.74, 6) is -1.97. The van der Waals surface area contributed by atoms with Crippen molar-refractivity contribution in [3.8, 4) is 5.75 Å². The zero-order valence-corrected chi connectivity index (χ0v) is 9.73. The van der Waals surface area contributed by atoms with Gasteiger partial charge in [-0.1, -0.05) is 0 Å². The number of carbonyl (C=O) groups excluding carboxylic acids is 1. The van der Waals surface area contributed by atoms with Crippen LogP contribution in [0.25, 0.3) is 10.9 Å². The zero-order valence-electron chi connectivity index (χ0n) is 9.73. The number of hydrogen-bond acceptors (Lipinski definition) is 4. The Bertz CT molecular complexity index is 705. The van der Waals surface area contributed by atoms with Crippen molar-refractivity contribution in [1.82, 2.24) is 4.57 Å². The van der Waals surface area contributed by atoms with Crippen molar-refractivity contribution in [1.29, 1.82) is 0 Å². The number of fused-ring (bicyclic) bond motifs is 1. The monoisotopic (exact) mass is 251 g/mol. The molecule has 1 aromatic carbocycles. The largest absolute Gasteiger partial charge is 0.506 e. The van der Waals surface area contributed by atoms with Gasteiger partial charge in [0.2, 0.25) is 0 Å². The van der Waals surface area contributed by atoms with Crippen LogP contribution in [0.5, 0.6) is 5.75 Å². The van der Waals surface area contributed by atoms with E-state index in [1.165, 1.54) is 13.1 Å². The number of hydrogen-bond donors (Lipinski definition) is 1. The molecule has 6 heteroatoms. The average Bonchev–Trinajstić information content (AvgIpc) is 2.35. The Kier molecular flexibility index (Phi) is 2.78.